The van der Waals surface area contributed by atoms with Crippen molar-refractivity contribution in [3.05, 3.63) is 46.7 Å². The number of benzene rings is 1. The fraction of sp³-hybridized carbons (Fsp3) is 0.308. The monoisotopic (exact) mass is 234 g/mol. The molecule has 0 aliphatic heterocycles. The van der Waals surface area contributed by atoms with Gasteiger partial charge >= 0.3 is 0 Å². The van der Waals surface area contributed by atoms with Crippen LogP contribution in [-0.4, -0.2) is 9.78 Å². The third-order valence-corrected chi connectivity index (χ3v) is 2.85. The number of hydrogen-bond acceptors (Lipinski definition) is 1. The molecule has 0 saturated heterocycles. The Balaban J connectivity index is 2.46. The summed E-state index contributed by atoms with van der Waals surface area (Å²) in [5.74, 6) is 0.445. The lowest BCUT2D eigenvalue weighted by Gasteiger charge is -2.06. The molecule has 1 aromatic heterocycles. The van der Waals surface area contributed by atoms with Crippen LogP contribution in [0.2, 0.25) is 5.02 Å². The average molecular weight is 235 g/mol. The van der Waals surface area contributed by atoms with E-state index in [9.17, 15) is 0 Å². The molecule has 2 aromatic rings. The van der Waals surface area contributed by atoms with Gasteiger partial charge in [0.2, 0.25) is 0 Å². The highest BCUT2D eigenvalue weighted by Crippen LogP contribution is 2.20. The first-order chi connectivity index (χ1) is 7.58. The minimum absolute atomic E-state index is 0.445. The number of hydrogen-bond donors (Lipinski definition) is 0. The second-order valence-electron chi connectivity index (χ2n) is 4.27. The van der Waals surface area contributed by atoms with Crippen molar-refractivity contribution in [1.29, 1.82) is 0 Å². The van der Waals surface area contributed by atoms with E-state index in [1.807, 2.05) is 35.1 Å². The maximum atomic E-state index is 5.99. The van der Waals surface area contributed by atoms with Crippen molar-refractivity contribution in [2.45, 2.75) is 26.7 Å². The number of aryl methyl sites for hydroxylation is 1. The minimum Gasteiger partial charge on any atom is -0.240 e. The van der Waals surface area contributed by atoms with Gasteiger partial charge in [-0.1, -0.05) is 31.5 Å². The van der Waals surface area contributed by atoms with Crippen molar-refractivity contribution < 1.29 is 0 Å². The summed E-state index contributed by atoms with van der Waals surface area (Å²) in [5.41, 5.74) is 3.31. The standard InChI is InChI=1S/C13H15ClN2/c1-9(2)12-6-7-16(15-12)13-8-11(14)5-4-10(13)3/h4-9H,1-3H3. The number of halogens is 1. The van der Waals surface area contributed by atoms with Crippen molar-refractivity contribution in [3.63, 3.8) is 0 Å². The quantitative estimate of drug-likeness (QED) is 0.769. The van der Waals surface area contributed by atoms with Crippen LogP contribution in [0, 0.1) is 6.92 Å². The first-order valence-corrected chi connectivity index (χ1v) is 5.78. The van der Waals surface area contributed by atoms with Crippen LogP contribution in [0.4, 0.5) is 0 Å². The van der Waals surface area contributed by atoms with E-state index in [1.165, 1.54) is 5.56 Å². The normalized spacial score (nSPS) is 11.1. The van der Waals surface area contributed by atoms with Crippen molar-refractivity contribution in [1.82, 2.24) is 9.78 Å². The van der Waals surface area contributed by atoms with Gasteiger partial charge in [-0.15, -0.1) is 0 Å². The number of aromatic nitrogens is 2. The molecular formula is C13H15ClN2. The van der Waals surface area contributed by atoms with Gasteiger partial charge in [-0.05, 0) is 36.6 Å². The zero-order chi connectivity index (χ0) is 11.7. The Morgan fingerprint density at radius 1 is 1.25 bits per heavy atom. The Bertz CT molecular complexity index is 500. The summed E-state index contributed by atoms with van der Waals surface area (Å²) in [7, 11) is 0. The summed E-state index contributed by atoms with van der Waals surface area (Å²) in [5, 5.41) is 5.28. The van der Waals surface area contributed by atoms with Crippen molar-refractivity contribution >= 4 is 11.6 Å². The first-order valence-electron chi connectivity index (χ1n) is 5.40. The Kier molecular flexibility index (Phi) is 3.01. The van der Waals surface area contributed by atoms with E-state index in [4.69, 9.17) is 11.6 Å². The fourth-order valence-electron chi connectivity index (χ4n) is 1.61. The molecule has 84 valence electrons. The number of rotatable bonds is 2. The van der Waals surface area contributed by atoms with Crippen LogP contribution in [0.15, 0.2) is 30.5 Å². The molecule has 1 aromatic carbocycles. The molecule has 2 nitrogen and oxygen atoms in total. The molecule has 0 spiro atoms. The van der Waals surface area contributed by atoms with Crippen molar-refractivity contribution in [3.8, 4) is 5.69 Å². The molecule has 0 bridgehead atoms. The van der Waals surface area contributed by atoms with E-state index >= 15 is 0 Å². The maximum absolute atomic E-state index is 5.99. The second kappa shape index (κ2) is 4.30. The van der Waals surface area contributed by atoms with Crippen LogP contribution < -0.4 is 0 Å². The summed E-state index contributed by atoms with van der Waals surface area (Å²) in [6, 6.07) is 7.89. The van der Waals surface area contributed by atoms with Crippen LogP contribution in [0.5, 0.6) is 0 Å². The van der Waals surface area contributed by atoms with E-state index in [0.717, 1.165) is 16.4 Å². The van der Waals surface area contributed by atoms with Crippen LogP contribution >= 0.6 is 11.6 Å². The van der Waals surface area contributed by atoms with Gasteiger partial charge in [0, 0.05) is 11.2 Å². The van der Waals surface area contributed by atoms with E-state index < -0.39 is 0 Å². The Morgan fingerprint density at radius 3 is 2.62 bits per heavy atom. The predicted octanol–water partition coefficient (Wildman–Crippen LogP) is 3.96. The van der Waals surface area contributed by atoms with Gasteiger partial charge in [0.15, 0.2) is 0 Å². The molecular weight excluding hydrogens is 220 g/mol. The summed E-state index contributed by atoms with van der Waals surface area (Å²) in [6.07, 6.45) is 1.98. The van der Waals surface area contributed by atoms with Gasteiger partial charge in [0.25, 0.3) is 0 Å². The maximum Gasteiger partial charge on any atom is 0.0689 e. The molecule has 1 heterocycles. The molecule has 0 aliphatic rings. The van der Waals surface area contributed by atoms with E-state index in [2.05, 4.69) is 25.9 Å². The minimum atomic E-state index is 0.445. The first kappa shape index (κ1) is 11.2. The molecule has 0 atom stereocenters. The fourth-order valence-corrected chi connectivity index (χ4v) is 1.78. The zero-order valence-electron chi connectivity index (χ0n) is 9.74. The molecule has 0 aliphatic carbocycles. The van der Waals surface area contributed by atoms with Crippen LogP contribution in [-0.2, 0) is 0 Å². The summed E-state index contributed by atoms with van der Waals surface area (Å²) < 4.78 is 1.89. The van der Waals surface area contributed by atoms with Gasteiger partial charge in [-0.3, -0.25) is 0 Å². The van der Waals surface area contributed by atoms with Crippen molar-refractivity contribution in [2.75, 3.05) is 0 Å². The van der Waals surface area contributed by atoms with Crippen molar-refractivity contribution in [2.24, 2.45) is 0 Å². The smallest absolute Gasteiger partial charge is 0.0689 e. The highest BCUT2D eigenvalue weighted by molar-refractivity contribution is 6.30. The lowest BCUT2D eigenvalue weighted by molar-refractivity contribution is 0.766. The summed E-state index contributed by atoms with van der Waals surface area (Å²) in [4.78, 5) is 0. The van der Waals surface area contributed by atoms with Gasteiger partial charge in [0.05, 0.1) is 11.4 Å². The third-order valence-electron chi connectivity index (χ3n) is 2.62. The topological polar surface area (TPSA) is 17.8 Å². The molecule has 0 amide bonds. The molecule has 0 unspecified atom stereocenters. The zero-order valence-corrected chi connectivity index (χ0v) is 10.5. The van der Waals surface area contributed by atoms with Crippen LogP contribution in [0.25, 0.3) is 5.69 Å². The molecule has 3 heteroatoms. The Hall–Kier alpha value is -1.28. The Morgan fingerprint density at radius 2 is 2.00 bits per heavy atom. The van der Waals surface area contributed by atoms with Gasteiger partial charge in [-0.2, -0.15) is 5.10 Å². The summed E-state index contributed by atoms with van der Waals surface area (Å²) >= 11 is 5.99. The molecule has 0 N–H and O–H groups in total. The molecule has 0 saturated carbocycles. The number of nitrogens with zero attached hydrogens (tertiary/aromatic N) is 2. The second-order valence-corrected chi connectivity index (χ2v) is 4.71. The average Bonchev–Trinajstić information content (AvgIpc) is 2.70. The SMILES string of the molecule is Cc1ccc(Cl)cc1-n1ccc(C(C)C)n1. The molecule has 2 rings (SSSR count). The Labute approximate surface area is 101 Å². The molecule has 0 fully saturated rings. The van der Waals surface area contributed by atoms with Gasteiger partial charge in [-0.25, -0.2) is 4.68 Å². The van der Waals surface area contributed by atoms with E-state index in [0.29, 0.717) is 5.92 Å². The largest absolute Gasteiger partial charge is 0.240 e. The summed E-state index contributed by atoms with van der Waals surface area (Å²) in [6.45, 7) is 6.33. The van der Waals surface area contributed by atoms with E-state index in [-0.39, 0.29) is 0 Å². The molecule has 0 radical (unpaired) electrons. The van der Waals surface area contributed by atoms with E-state index in [1.54, 1.807) is 0 Å². The lowest BCUT2D eigenvalue weighted by atomic mass is 10.1. The van der Waals surface area contributed by atoms with Crippen LogP contribution in [0.1, 0.15) is 31.0 Å². The highest BCUT2D eigenvalue weighted by Gasteiger charge is 2.06. The lowest BCUT2D eigenvalue weighted by Crippen LogP contribution is -1.99. The van der Waals surface area contributed by atoms with Crippen LogP contribution in [0.3, 0.4) is 0 Å². The molecule has 16 heavy (non-hydrogen) atoms. The van der Waals surface area contributed by atoms with Gasteiger partial charge in [0.1, 0.15) is 0 Å². The third kappa shape index (κ3) is 2.12. The highest BCUT2D eigenvalue weighted by atomic mass is 35.5. The predicted molar refractivity (Wildman–Crippen MR) is 67.4 cm³/mol. The van der Waals surface area contributed by atoms with Gasteiger partial charge < -0.3 is 0 Å².